The van der Waals surface area contributed by atoms with E-state index in [1.807, 2.05) is 0 Å². The second-order valence-corrected chi connectivity index (χ2v) is 2.69. The number of aliphatic carboxylic acids is 1. The number of carbonyl (C=O) groups is 1. The summed E-state index contributed by atoms with van der Waals surface area (Å²) in [5, 5.41) is 8.33. The molecule has 13 heavy (non-hydrogen) atoms. The standard InChI is InChI=1S/C8H6ClFO2.ClH/c9-6-3-1-2-5(8(6)10)4-7(11)12;/h1-3H,4H2,(H,11,12);1H. The van der Waals surface area contributed by atoms with Gasteiger partial charge in [-0.2, -0.15) is 0 Å². The van der Waals surface area contributed by atoms with Crippen LogP contribution in [0.3, 0.4) is 0 Å². The maximum Gasteiger partial charge on any atom is 0.307 e. The molecule has 0 aliphatic heterocycles. The molecule has 0 saturated carbocycles. The lowest BCUT2D eigenvalue weighted by atomic mass is 10.1. The normalized spacial score (nSPS) is 9.08. The van der Waals surface area contributed by atoms with Crippen molar-refractivity contribution in [1.82, 2.24) is 0 Å². The van der Waals surface area contributed by atoms with Gasteiger partial charge in [-0.25, -0.2) is 4.39 Å². The van der Waals surface area contributed by atoms with Crippen LogP contribution >= 0.6 is 24.0 Å². The van der Waals surface area contributed by atoms with E-state index in [0.717, 1.165) is 0 Å². The first-order valence-corrected chi connectivity index (χ1v) is 3.63. The molecule has 1 aromatic carbocycles. The second-order valence-electron chi connectivity index (χ2n) is 2.28. The van der Waals surface area contributed by atoms with Gasteiger partial charge in [0.2, 0.25) is 0 Å². The Hall–Kier alpha value is -0.800. The van der Waals surface area contributed by atoms with Gasteiger partial charge in [0.15, 0.2) is 0 Å². The summed E-state index contributed by atoms with van der Waals surface area (Å²) >= 11 is 5.43. The molecule has 5 heteroatoms. The molecule has 0 unspecified atom stereocenters. The molecular formula is C8H7Cl2FO2. The van der Waals surface area contributed by atoms with Crippen LogP contribution in [0.2, 0.25) is 5.02 Å². The minimum atomic E-state index is -1.07. The van der Waals surface area contributed by atoms with E-state index in [1.54, 1.807) is 0 Å². The highest BCUT2D eigenvalue weighted by Gasteiger charge is 2.08. The highest BCUT2D eigenvalue weighted by atomic mass is 35.5. The van der Waals surface area contributed by atoms with Gasteiger partial charge < -0.3 is 5.11 Å². The van der Waals surface area contributed by atoms with Crippen LogP contribution in [0.15, 0.2) is 18.2 Å². The van der Waals surface area contributed by atoms with Gasteiger partial charge in [-0.15, -0.1) is 12.4 Å². The van der Waals surface area contributed by atoms with Crippen LogP contribution < -0.4 is 0 Å². The van der Waals surface area contributed by atoms with Crippen LogP contribution in [0.25, 0.3) is 0 Å². The van der Waals surface area contributed by atoms with E-state index in [1.165, 1.54) is 18.2 Å². The molecule has 0 amide bonds. The van der Waals surface area contributed by atoms with Gasteiger partial charge in [0.25, 0.3) is 0 Å². The van der Waals surface area contributed by atoms with Gasteiger partial charge in [0.1, 0.15) is 5.82 Å². The molecule has 0 saturated heterocycles. The van der Waals surface area contributed by atoms with Crippen molar-refractivity contribution in [3.8, 4) is 0 Å². The van der Waals surface area contributed by atoms with E-state index in [2.05, 4.69) is 0 Å². The van der Waals surface area contributed by atoms with Crippen molar-refractivity contribution in [1.29, 1.82) is 0 Å². The third-order valence-electron chi connectivity index (χ3n) is 1.37. The Morgan fingerprint density at radius 3 is 2.69 bits per heavy atom. The molecule has 72 valence electrons. The lowest BCUT2D eigenvalue weighted by Crippen LogP contribution is -2.02. The van der Waals surface area contributed by atoms with Gasteiger partial charge in [-0.1, -0.05) is 23.7 Å². The van der Waals surface area contributed by atoms with Crippen molar-refractivity contribution in [2.24, 2.45) is 0 Å². The first-order valence-electron chi connectivity index (χ1n) is 3.26. The average molecular weight is 225 g/mol. The molecule has 0 fully saturated rings. The molecule has 1 aromatic rings. The van der Waals surface area contributed by atoms with Crippen molar-refractivity contribution in [3.05, 3.63) is 34.6 Å². The maximum atomic E-state index is 13.0. The summed E-state index contributed by atoms with van der Waals surface area (Å²) in [5.74, 6) is -1.72. The Morgan fingerprint density at radius 2 is 2.15 bits per heavy atom. The molecule has 1 rings (SSSR count). The van der Waals surface area contributed by atoms with Gasteiger partial charge in [-0.05, 0) is 6.07 Å². The molecule has 0 atom stereocenters. The number of hydrogen-bond acceptors (Lipinski definition) is 1. The summed E-state index contributed by atoms with van der Waals surface area (Å²) < 4.78 is 13.0. The van der Waals surface area contributed by atoms with Crippen LogP contribution in [0.4, 0.5) is 4.39 Å². The summed E-state index contributed by atoms with van der Waals surface area (Å²) in [6.45, 7) is 0. The number of carboxylic acid groups (broad SMARTS) is 1. The number of halogens is 3. The Kier molecular flexibility index (Phi) is 4.73. The molecule has 0 bridgehead atoms. The van der Waals surface area contributed by atoms with Crippen LogP contribution in [-0.4, -0.2) is 11.1 Å². The van der Waals surface area contributed by atoms with E-state index in [0.29, 0.717) is 0 Å². The first kappa shape index (κ1) is 12.2. The lowest BCUT2D eigenvalue weighted by molar-refractivity contribution is -0.136. The van der Waals surface area contributed by atoms with E-state index >= 15 is 0 Å². The molecule has 1 N–H and O–H groups in total. The van der Waals surface area contributed by atoms with Crippen LogP contribution in [0.5, 0.6) is 0 Å². The third kappa shape index (κ3) is 3.20. The van der Waals surface area contributed by atoms with Gasteiger partial charge in [-0.3, -0.25) is 4.79 Å². The van der Waals surface area contributed by atoms with Crippen molar-refractivity contribution in [2.45, 2.75) is 6.42 Å². The van der Waals surface area contributed by atoms with Crippen LogP contribution in [0.1, 0.15) is 5.56 Å². The van der Waals surface area contributed by atoms with Crippen molar-refractivity contribution in [2.75, 3.05) is 0 Å². The van der Waals surface area contributed by atoms with Crippen molar-refractivity contribution < 1.29 is 14.3 Å². The van der Waals surface area contributed by atoms with Crippen LogP contribution in [0, 0.1) is 5.82 Å². The molecule has 2 nitrogen and oxygen atoms in total. The Bertz CT molecular complexity index is 315. The Morgan fingerprint density at radius 1 is 1.54 bits per heavy atom. The first-order chi connectivity index (χ1) is 5.61. The number of benzene rings is 1. The fourth-order valence-electron chi connectivity index (χ4n) is 0.848. The minimum Gasteiger partial charge on any atom is -0.481 e. The largest absolute Gasteiger partial charge is 0.481 e. The van der Waals surface area contributed by atoms with Crippen molar-refractivity contribution >= 4 is 30.0 Å². The summed E-state index contributed by atoms with van der Waals surface area (Å²) in [6.07, 6.45) is -0.341. The van der Waals surface area contributed by atoms with E-state index < -0.39 is 11.8 Å². The zero-order valence-electron chi connectivity index (χ0n) is 6.46. The number of hydrogen-bond donors (Lipinski definition) is 1. The van der Waals surface area contributed by atoms with Crippen molar-refractivity contribution in [3.63, 3.8) is 0 Å². The molecule has 0 aliphatic rings. The predicted octanol–water partition coefficient (Wildman–Crippen LogP) is 2.53. The quantitative estimate of drug-likeness (QED) is 0.839. The zero-order chi connectivity index (χ0) is 9.14. The third-order valence-corrected chi connectivity index (χ3v) is 1.67. The van der Waals surface area contributed by atoms with Crippen LogP contribution in [-0.2, 0) is 11.2 Å². The summed E-state index contributed by atoms with van der Waals surface area (Å²) in [6, 6.07) is 4.29. The van der Waals surface area contributed by atoms with Gasteiger partial charge in [0, 0.05) is 5.56 Å². The molecule has 0 aliphatic carbocycles. The zero-order valence-corrected chi connectivity index (χ0v) is 8.03. The maximum absolute atomic E-state index is 13.0. The molecule has 0 radical (unpaired) electrons. The number of carboxylic acids is 1. The fourth-order valence-corrected chi connectivity index (χ4v) is 1.04. The molecular weight excluding hydrogens is 218 g/mol. The van der Waals surface area contributed by atoms with E-state index in [4.69, 9.17) is 16.7 Å². The minimum absolute atomic E-state index is 0. The topological polar surface area (TPSA) is 37.3 Å². The smallest absolute Gasteiger partial charge is 0.307 e. The summed E-state index contributed by atoms with van der Waals surface area (Å²) in [4.78, 5) is 10.2. The molecule has 0 heterocycles. The number of rotatable bonds is 2. The SMILES string of the molecule is Cl.O=C(O)Cc1cccc(Cl)c1F. The lowest BCUT2D eigenvalue weighted by Gasteiger charge is -1.99. The average Bonchev–Trinajstić information content (AvgIpc) is 1.98. The Balaban J connectivity index is 0.00000144. The predicted molar refractivity (Wildman–Crippen MR) is 50.0 cm³/mol. The monoisotopic (exact) mass is 224 g/mol. The van der Waals surface area contributed by atoms with Gasteiger partial charge in [0.05, 0.1) is 11.4 Å². The van der Waals surface area contributed by atoms with E-state index in [9.17, 15) is 9.18 Å². The summed E-state index contributed by atoms with van der Waals surface area (Å²) in [7, 11) is 0. The van der Waals surface area contributed by atoms with E-state index in [-0.39, 0.29) is 29.4 Å². The molecule has 0 aromatic heterocycles. The van der Waals surface area contributed by atoms with Gasteiger partial charge >= 0.3 is 5.97 Å². The highest BCUT2D eigenvalue weighted by Crippen LogP contribution is 2.17. The highest BCUT2D eigenvalue weighted by molar-refractivity contribution is 6.30. The second kappa shape index (κ2) is 5.04. The Labute approximate surface area is 85.7 Å². The summed E-state index contributed by atoms with van der Waals surface area (Å²) in [5.41, 5.74) is 0.106. The molecule has 0 spiro atoms. The fraction of sp³-hybridized carbons (Fsp3) is 0.125.